The molecule has 6 rings (SSSR count). The fraction of sp³-hybridized carbons (Fsp3) is 0.622. The Kier molecular flexibility index (Phi) is 13.2. The van der Waals surface area contributed by atoms with E-state index in [1.807, 2.05) is 7.05 Å². The number of nitrogens with zero attached hydrogens (tertiary/aromatic N) is 2. The van der Waals surface area contributed by atoms with Crippen LogP contribution in [-0.4, -0.2) is 92.1 Å². The second-order valence-corrected chi connectivity index (χ2v) is 14.2. The average molecular weight is 653 g/mol. The fourth-order valence-corrected chi connectivity index (χ4v) is 8.05. The lowest BCUT2D eigenvalue weighted by molar-refractivity contribution is -0.126. The number of hydrogen-bond acceptors (Lipinski definition) is 6. The van der Waals surface area contributed by atoms with Gasteiger partial charge in [-0.1, -0.05) is 49.9 Å². The molecule has 258 valence electrons. The lowest BCUT2D eigenvalue weighted by atomic mass is 9.84. The Bertz CT molecular complexity index is 1280. The predicted molar refractivity (Wildman–Crippen MR) is 182 cm³/mol. The Morgan fingerprint density at radius 2 is 1.15 bits per heavy atom. The van der Waals surface area contributed by atoms with Crippen LogP contribution in [0.5, 0.6) is 0 Å². The van der Waals surface area contributed by atoms with E-state index >= 15 is 0 Å². The van der Waals surface area contributed by atoms with Crippen molar-refractivity contribution in [1.82, 2.24) is 25.8 Å². The lowest BCUT2D eigenvalue weighted by Gasteiger charge is -2.39. The number of carbonyl (C=O) groups excluding carboxylic acids is 2. The van der Waals surface area contributed by atoms with Gasteiger partial charge < -0.3 is 21.7 Å². The van der Waals surface area contributed by atoms with E-state index in [4.69, 9.17) is 5.73 Å². The van der Waals surface area contributed by atoms with E-state index in [9.17, 15) is 18.4 Å². The molecule has 8 nitrogen and oxygen atoms in total. The van der Waals surface area contributed by atoms with Crippen molar-refractivity contribution in [3.05, 3.63) is 71.3 Å². The van der Waals surface area contributed by atoms with Crippen LogP contribution >= 0.6 is 0 Å². The Labute approximate surface area is 279 Å². The number of amides is 2. The van der Waals surface area contributed by atoms with Crippen LogP contribution in [0.15, 0.2) is 48.5 Å². The molecule has 47 heavy (non-hydrogen) atoms. The summed E-state index contributed by atoms with van der Waals surface area (Å²) in [6.45, 7) is 4.56. The van der Waals surface area contributed by atoms with Gasteiger partial charge in [-0.3, -0.25) is 19.4 Å². The molecule has 6 atom stereocenters. The molecule has 0 spiro atoms. The van der Waals surface area contributed by atoms with Crippen molar-refractivity contribution in [1.29, 1.82) is 0 Å². The summed E-state index contributed by atoms with van der Waals surface area (Å²) < 4.78 is 26.0. The van der Waals surface area contributed by atoms with Crippen molar-refractivity contribution in [2.24, 2.45) is 17.6 Å². The van der Waals surface area contributed by atoms with Crippen LogP contribution < -0.4 is 21.7 Å². The molecule has 2 heterocycles. The lowest BCUT2D eigenvalue weighted by Crippen LogP contribution is -2.56. The van der Waals surface area contributed by atoms with E-state index in [-0.39, 0.29) is 41.6 Å². The summed E-state index contributed by atoms with van der Waals surface area (Å²) in [6, 6.07) is 14.1. The maximum absolute atomic E-state index is 13.0. The molecular formula is C37H54F2N6O2. The van der Waals surface area contributed by atoms with Crippen LogP contribution in [0.3, 0.4) is 0 Å². The smallest absolute Gasteiger partial charge is 0.234 e. The monoisotopic (exact) mass is 652 g/mol. The van der Waals surface area contributed by atoms with Gasteiger partial charge in [-0.2, -0.15) is 0 Å². The third-order valence-corrected chi connectivity index (χ3v) is 10.4. The van der Waals surface area contributed by atoms with Gasteiger partial charge in [-0.15, -0.1) is 0 Å². The standard InChI is InChI=1S/C19H28FN3O.C18H26FN3O/c1-21-18-5-3-2-4-15(18)11-23-12-17(22-19(24)13-23)10-14-6-8-16(20)9-7-14;19-15-7-5-13(6-8-15)9-16-11-22(12-18(23)21-16)10-14-3-1-2-4-17(14)20/h6-9,15,17-18,21H,2-5,10-13H2,1H3,(H,22,24);5-8,14,16-17H,1-4,9-12,20H2,(H,21,23)/t15-,17-,18+;14-,16-,17+/m00/s1. The number of nitrogens with one attached hydrogen (secondary N) is 3. The van der Waals surface area contributed by atoms with Gasteiger partial charge in [0.15, 0.2) is 0 Å². The molecule has 2 aliphatic heterocycles. The maximum Gasteiger partial charge on any atom is 0.234 e. The fourth-order valence-electron chi connectivity index (χ4n) is 8.05. The maximum atomic E-state index is 13.0. The summed E-state index contributed by atoms with van der Waals surface area (Å²) in [5.41, 5.74) is 8.35. The summed E-state index contributed by atoms with van der Waals surface area (Å²) in [5.74, 6) is 0.859. The van der Waals surface area contributed by atoms with E-state index in [1.54, 1.807) is 24.3 Å². The number of carbonyl (C=O) groups is 2. The third kappa shape index (κ3) is 11.1. The minimum Gasteiger partial charge on any atom is -0.351 e. The van der Waals surface area contributed by atoms with Crippen molar-refractivity contribution in [3.8, 4) is 0 Å². The highest BCUT2D eigenvalue weighted by Crippen LogP contribution is 2.26. The van der Waals surface area contributed by atoms with Gasteiger partial charge in [0.25, 0.3) is 0 Å². The van der Waals surface area contributed by atoms with Crippen LogP contribution in [0.1, 0.15) is 62.5 Å². The first-order chi connectivity index (χ1) is 22.7. The molecule has 2 amide bonds. The second-order valence-electron chi connectivity index (χ2n) is 14.2. The summed E-state index contributed by atoms with van der Waals surface area (Å²) in [6.07, 6.45) is 11.3. The van der Waals surface area contributed by atoms with Crippen molar-refractivity contribution >= 4 is 11.8 Å². The largest absolute Gasteiger partial charge is 0.351 e. The van der Waals surface area contributed by atoms with Crippen LogP contribution in [0.25, 0.3) is 0 Å². The molecule has 2 aromatic carbocycles. The molecule has 2 saturated carbocycles. The number of piperazine rings is 2. The highest BCUT2D eigenvalue weighted by atomic mass is 19.1. The van der Waals surface area contributed by atoms with E-state index in [0.717, 1.165) is 56.6 Å². The molecule has 0 aromatic heterocycles. The van der Waals surface area contributed by atoms with E-state index < -0.39 is 0 Å². The number of hydrogen-bond donors (Lipinski definition) is 4. The van der Waals surface area contributed by atoms with Gasteiger partial charge >= 0.3 is 0 Å². The number of rotatable bonds is 9. The Balaban J connectivity index is 0.000000185. The number of nitrogens with two attached hydrogens (primary N) is 1. The first-order valence-electron chi connectivity index (χ1n) is 17.7. The zero-order chi connectivity index (χ0) is 33.2. The van der Waals surface area contributed by atoms with Crippen molar-refractivity contribution in [3.63, 3.8) is 0 Å². The van der Waals surface area contributed by atoms with E-state index in [1.165, 1.54) is 69.2 Å². The minimum atomic E-state index is -0.227. The van der Waals surface area contributed by atoms with Gasteiger partial charge in [0.2, 0.25) is 11.8 Å². The summed E-state index contributed by atoms with van der Waals surface area (Å²) >= 11 is 0. The van der Waals surface area contributed by atoms with Crippen molar-refractivity contribution in [2.75, 3.05) is 46.3 Å². The van der Waals surface area contributed by atoms with E-state index in [0.29, 0.717) is 31.0 Å². The average Bonchev–Trinajstić information content (AvgIpc) is 3.04. The SMILES string of the molecule is CN[C@@H]1CCCC[C@H]1CN1CC(=O)N[C@@H](Cc2ccc(F)cc2)C1.N[C@@H]1CCCC[C@H]1CN1CC(=O)N[C@@H](Cc2ccc(F)cc2)C1. The normalized spacial score (nSPS) is 28.9. The zero-order valence-electron chi connectivity index (χ0n) is 27.9. The molecule has 0 bridgehead atoms. The van der Waals surface area contributed by atoms with E-state index in [2.05, 4.69) is 25.8 Å². The van der Waals surface area contributed by atoms with Gasteiger partial charge in [0.1, 0.15) is 11.6 Å². The van der Waals surface area contributed by atoms with Gasteiger partial charge in [0.05, 0.1) is 13.1 Å². The van der Waals surface area contributed by atoms with Crippen LogP contribution in [0, 0.1) is 23.5 Å². The molecule has 4 fully saturated rings. The first kappa shape index (κ1) is 35.4. The van der Waals surface area contributed by atoms with Crippen LogP contribution in [0.4, 0.5) is 8.78 Å². The molecule has 5 N–H and O–H groups in total. The molecule has 0 radical (unpaired) electrons. The molecule has 2 saturated heterocycles. The number of halogens is 2. The second kappa shape index (κ2) is 17.5. The highest BCUT2D eigenvalue weighted by Gasteiger charge is 2.31. The van der Waals surface area contributed by atoms with Crippen LogP contribution in [-0.2, 0) is 22.4 Å². The summed E-state index contributed by atoms with van der Waals surface area (Å²) in [5, 5.41) is 9.58. The highest BCUT2D eigenvalue weighted by molar-refractivity contribution is 5.79. The minimum absolute atomic E-state index is 0.0766. The molecule has 2 aliphatic carbocycles. The van der Waals surface area contributed by atoms with Gasteiger partial charge in [-0.05, 0) is 92.8 Å². The third-order valence-electron chi connectivity index (χ3n) is 10.4. The first-order valence-corrected chi connectivity index (χ1v) is 17.7. The molecule has 10 heteroatoms. The van der Waals surface area contributed by atoms with Crippen LogP contribution in [0.2, 0.25) is 0 Å². The quantitative estimate of drug-likeness (QED) is 0.330. The Morgan fingerprint density at radius 3 is 1.64 bits per heavy atom. The van der Waals surface area contributed by atoms with Gasteiger partial charge in [0, 0.05) is 50.3 Å². The van der Waals surface area contributed by atoms with Gasteiger partial charge in [-0.25, -0.2) is 8.78 Å². The molecule has 0 unspecified atom stereocenters. The molecule has 2 aromatic rings. The topological polar surface area (TPSA) is 103 Å². The van der Waals surface area contributed by atoms with Crippen molar-refractivity contribution < 1.29 is 18.4 Å². The Hall–Kier alpha value is -2.92. The number of benzene rings is 2. The summed E-state index contributed by atoms with van der Waals surface area (Å²) in [7, 11) is 2.04. The molecule has 4 aliphatic rings. The van der Waals surface area contributed by atoms with Crippen molar-refractivity contribution in [2.45, 2.75) is 88.4 Å². The predicted octanol–water partition coefficient (Wildman–Crippen LogP) is 3.63. The molecular weight excluding hydrogens is 598 g/mol. The zero-order valence-corrected chi connectivity index (χ0v) is 27.9. The Morgan fingerprint density at radius 1 is 0.702 bits per heavy atom. The summed E-state index contributed by atoms with van der Waals surface area (Å²) in [4.78, 5) is 28.6.